The molecule has 0 bridgehead atoms. The maximum absolute atomic E-state index is 9.39. The number of nitrogens with zero attached hydrogens (tertiary/aromatic N) is 4. The lowest BCUT2D eigenvalue weighted by Crippen LogP contribution is -2.38. The van der Waals surface area contributed by atoms with Gasteiger partial charge in [0.2, 0.25) is 0 Å². The monoisotopic (exact) mass is 743 g/mol. The molecule has 0 fully saturated rings. The number of amidine groups is 2. The van der Waals surface area contributed by atoms with Gasteiger partial charge in [-0.3, -0.25) is 15.1 Å². The molecule has 58 heavy (non-hydrogen) atoms. The molecule has 0 atom stereocenters. The van der Waals surface area contributed by atoms with Crippen molar-refractivity contribution in [1.82, 2.24) is 9.24 Å². The number of aliphatic imine (C=N–C) groups is 1. The van der Waals surface area contributed by atoms with Gasteiger partial charge in [-0.1, -0.05) is 146 Å². The van der Waals surface area contributed by atoms with Crippen LogP contribution in [0.1, 0.15) is 11.1 Å². The van der Waals surface area contributed by atoms with Gasteiger partial charge in [0, 0.05) is 45.4 Å². The van der Waals surface area contributed by atoms with Crippen molar-refractivity contribution in [1.29, 1.82) is 5.41 Å². The van der Waals surface area contributed by atoms with Crippen molar-refractivity contribution < 1.29 is 0 Å². The molecule has 11 rings (SSSR count). The number of benzene rings is 9. The molecule has 5 heteroatoms. The third-order valence-electron chi connectivity index (χ3n) is 11.5. The summed E-state index contributed by atoms with van der Waals surface area (Å²) in [6.45, 7) is 0. The average molecular weight is 744 g/mol. The van der Waals surface area contributed by atoms with Crippen LogP contribution in [0.5, 0.6) is 0 Å². The number of fused-ring (bicyclic) bond motifs is 8. The number of nitrogens with one attached hydrogen (secondary N) is 1. The van der Waals surface area contributed by atoms with Crippen molar-refractivity contribution in [3.63, 3.8) is 0 Å². The Kier molecular flexibility index (Phi) is 7.79. The number of rotatable bonds is 5. The molecule has 1 N–H and O–H groups in total. The Bertz CT molecular complexity index is 3440. The van der Waals surface area contributed by atoms with Crippen LogP contribution in [0, 0.1) is 5.41 Å². The molecule has 0 saturated heterocycles. The molecular weight excluding hydrogens is 707 g/mol. The van der Waals surface area contributed by atoms with Gasteiger partial charge in [-0.15, -0.1) is 0 Å². The summed E-state index contributed by atoms with van der Waals surface area (Å²) in [5.41, 5.74) is 9.68. The van der Waals surface area contributed by atoms with Crippen LogP contribution in [-0.4, -0.2) is 28.0 Å². The van der Waals surface area contributed by atoms with Crippen molar-refractivity contribution >= 4 is 76.8 Å². The second kappa shape index (κ2) is 13.5. The van der Waals surface area contributed by atoms with E-state index in [0.29, 0.717) is 5.84 Å². The molecule has 11 aromatic rings. The fourth-order valence-electron chi connectivity index (χ4n) is 8.79. The van der Waals surface area contributed by atoms with Crippen LogP contribution in [0.4, 0.5) is 0 Å². The molecule has 2 heterocycles. The van der Waals surface area contributed by atoms with E-state index in [0.717, 1.165) is 71.3 Å². The highest BCUT2D eigenvalue weighted by molar-refractivity contribution is 6.21. The smallest absolute Gasteiger partial charge is 0.157 e. The standard InChI is InChI=1S/C53H37N5/c1-56(53(45-23-13-17-36-15-7-8-20-42(36)45)55-52(54)40-27-26-35-14-5-6-16-37(35)32-40)58-50-25-12-10-22-44(50)47-34-39(29-31-51(47)58)38-28-30-49-46(33-38)43-21-9-11-24-48(43)57(49)41-18-3-2-4-19-41/h2-34,54H,1H3. The van der Waals surface area contributed by atoms with Crippen LogP contribution in [0.3, 0.4) is 0 Å². The largest absolute Gasteiger partial charge is 0.309 e. The molecule has 274 valence electrons. The highest BCUT2D eigenvalue weighted by Crippen LogP contribution is 2.38. The Morgan fingerprint density at radius 3 is 1.78 bits per heavy atom. The maximum atomic E-state index is 9.39. The van der Waals surface area contributed by atoms with Crippen molar-refractivity contribution in [2.75, 3.05) is 12.1 Å². The van der Waals surface area contributed by atoms with Gasteiger partial charge in [0.25, 0.3) is 0 Å². The highest BCUT2D eigenvalue weighted by Gasteiger charge is 2.22. The summed E-state index contributed by atoms with van der Waals surface area (Å²) in [6.07, 6.45) is 0. The lowest BCUT2D eigenvalue weighted by atomic mass is 10.0. The fraction of sp³-hybridized carbons (Fsp3) is 0.0189. The molecular formula is C53H37N5. The first-order valence-electron chi connectivity index (χ1n) is 19.6. The highest BCUT2D eigenvalue weighted by atomic mass is 15.6. The van der Waals surface area contributed by atoms with Gasteiger partial charge in [-0.05, 0) is 87.3 Å². The van der Waals surface area contributed by atoms with Crippen molar-refractivity contribution in [3.8, 4) is 16.8 Å². The molecule has 5 nitrogen and oxygen atoms in total. The van der Waals surface area contributed by atoms with Crippen LogP contribution in [0.15, 0.2) is 205 Å². The molecule has 0 amide bonds. The summed E-state index contributed by atoms with van der Waals surface area (Å²) in [4.78, 5) is 5.19. The van der Waals surface area contributed by atoms with Crippen molar-refractivity contribution in [3.05, 3.63) is 211 Å². The zero-order valence-electron chi connectivity index (χ0n) is 31.8. The van der Waals surface area contributed by atoms with E-state index in [9.17, 15) is 5.41 Å². The quantitative estimate of drug-likeness (QED) is 0.138. The molecule has 0 aliphatic heterocycles. The van der Waals surface area contributed by atoms with Crippen LogP contribution in [-0.2, 0) is 0 Å². The second-order valence-corrected chi connectivity index (χ2v) is 14.9. The molecule has 0 spiro atoms. The van der Waals surface area contributed by atoms with Gasteiger partial charge in [-0.2, -0.15) is 0 Å². The number of hydrogen-bond acceptors (Lipinski definition) is 1. The predicted molar refractivity (Wildman–Crippen MR) is 245 cm³/mol. The first-order valence-corrected chi connectivity index (χ1v) is 19.6. The van der Waals surface area contributed by atoms with Crippen LogP contribution in [0.2, 0.25) is 0 Å². The van der Waals surface area contributed by atoms with Crippen molar-refractivity contribution in [2.24, 2.45) is 4.99 Å². The van der Waals surface area contributed by atoms with E-state index in [2.05, 4.69) is 203 Å². The van der Waals surface area contributed by atoms with E-state index >= 15 is 0 Å². The SMILES string of the molecule is CN(C(=NC(=N)c1ccc2ccccc2c1)c1cccc2ccccc12)n1c2ccccc2c2cc(-c3ccc4c(c3)c3ccccc3n4-c3ccccc3)ccc21. The summed E-state index contributed by atoms with van der Waals surface area (Å²) in [5.74, 6) is 0.884. The molecule has 0 radical (unpaired) electrons. The summed E-state index contributed by atoms with van der Waals surface area (Å²) in [6, 6.07) is 70.6. The predicted octanol–water partition coefficient (Wildman–Crippen LogP) is 12.9. The molecule has 9 aromatic carbocycles. The number of aromatic nitrogens is 2. The summed E-state index contributed by atoms with van der Waals surface area (Å²) >= 11 is 0. The lowest BCUT2D eigenvalue weighted by Gasteiger charge is -2.26. The van der Waals surface area contributed by atoms with Crippen LogP contribution >= 0.6 is 0 Å². The third kappa shape index (κ3) is 5.40. The third-order valence-corrected chi connectivity index (χ3v) is 11.5. The Balaban J connectivity index is 1.08. The Morgan fingerprint density at radius 1 is 0.448 bits per heavy atom. The van der Waals surface area contributed by atoms with Crippen LogP contribution < -0.4 is 5.01 Å². The first-order chi connectivity index (χ1) is 28.6. The maximum Gasteiger partial charge on any atom is 0.157 e. The van der Waals surface area contributed by atoms with Gasteiger partial charge in [-0.25, -0.2) is 4.99 Å². The lowest BCUT2D eigenvalue weighted by molar-refractivity contribution is 0.865. The Morgan fingerprint density at radius 2 is 1.00 bits per heavy atom. The molecule has 0 aliphatic rings. The summed E-state index contributed by atoms with van der Waals surface area (Å²) in [7, 11) is 2.06. The van der Waals surface area contributed by atoms with E-state index in [1.54, 1.807) is 0 Å². The van der Waals surface area contributed by atoms with Gasteiger partial charge < -0.3 is 4.57 Å². The minimum Gasteiger partial charge on any atom is -0.309 e. The average Bonchev–Trinajstić information content (AvgIpc) is 3.80. The summed E-state index contributed by atoms with van der Waals surface area (Å²) in [5, 5.41) is 20.7. The van der Waals surface area contributed by atoms with Gasteiger partial charge in [0.15, 0.2) is 11.7 Å². The van der Waals surface area contributed by atoms with E-state index in [1.165, 1.54) is 21.8 Å². The molecule has 0 saturated carbocycles. The Labute approximate surface area is 335 Å². The van der Waals surface area contributed by atoms with Crippen LogP contribution in [0.25, 0.3) is 82.0 Å². The zero-order chi connectivity index (χ0) is 38.7. The molecule has 0 unspecified atom stereocenters. The summed E-state index contributed by atoms with van der Waals surface area (Å²) < 4.78 is 4.61. The first kappa shape index (κ1) is 33.6. The van der Waals surface area contributed by atoms with E-state index in [-0.39, 0.29) is 5.84 Å². The molecule has 0 aliphatic carbocycles. The minimum atomic E-state index is 0.201. The van der Waals surface area contributed by atoms with Gasteiger partial charge in [0.1, 0.15) is 0 Å². The number of hydrogen-bond donors (Lipinski definition) is 1. The van der Waals surface area contributed by atoms with E-state index in [1.807, 2.05) is 18.2 Å². The fourth-order valence-corrected chi connectivity index (χ4v) is 8.79. The van der Waals surface area contributed by atoms with Gasteiger partial charge in [0.05, 0.1) is 22.1 Å². The molecule has 2 aromatic heterocycles. The van der Waals surface area contributed by atoms with Crippen molar-refractivity contribution in [2.45, 2.75) is 0 Å². The minimum absolute atomic E-state index is 0.201. The van der Waals surface area contributed by atoms with E-state index < -0.39 is 0 Å². The number of para-hydroxylation sites is 3. The normalized spacial score (nSPS) is 12.1. The van der Waals surface area contributed by atoms with Gasteiger partial charge >= 0.3 is 0 Å². The zero-order valence-corrected chi connectivity index (χ0v) is 31.8. The van der Waals surface area contributed by atoms with E-state index in [4.69, 9.17) is 4.99 Å². The Hall–Kier alpha value is -7.76. The topological polar surface area (TPSA) is 49.3 Å². The second-order valence-electron chi connectivity index (χ2n) is 14.9.